The smallest absolute Gasteiger partial charge is 0.329 e. The van der Waals surface area contributed by atoms with Gasteiger partial charge in [0.15, 0.2) is 0 Å². The Morgan fingerprint density at radius 2 is 1.62 bits per heavy atom. The van der Waals surface area contributed by atoms with Crippen molar-refractivity contribution in [3.05, 3.63) is 29.8 Å². The third-order valence-electron chi connectivity index (χ3n) is 3.58. The summed E-state index contributed by atoms with van der Waals surface area (Å²) < 4.78 is 0. The fraction of sp³-hybridized carbons (Fsp3) is 0.500. The predicted octanol–water partition coefficient (Wildman–Crippen LogP) is 3.36. The number of anilines is 1. The van der Waals surface area contributed by atoms with Gasteiger partial charge in [-0.3, -0.25) is 0 Å². The van der Waals surface area contributed by atoms with E-state index in [0.29, 0.717) is 12.1 Å². The van der Waals surface area contributed by atoms with Crippen LogP contribution in [0.25, 0.3) is 0 Å². The number of amides is 2. The summed E-state index contributed by atoms with van der Waals surface area (Å²) >= 11 is 0. The van der Waals surface area contributed by atoms with Crippen LogP contribution < -0.4 is 10.6 Å². The van der Waals surface area contributed by atoms with E-state index < -0.39 is 17.5 Å². The molecule has 0 aliphatic heterocycles. The third-order valence-corrected chi connectivity index (χ3v) is 3.58. The molecule has 5 heteroatoms. The highest BCUT2D eigenvalue weighted by molar-refractivity contribution is 5.93. The number of nitrogens with one attached hydrogen (secondary N) is 2. The third kappa shape index (κ3) is 4.48. The summed E-state index contributed by atoms with van der Waals surface area (Å²) in [6.07, 6.45) is 0.304. The Kier molecular flexibility index (Phi) is 4.99. The van der Waals surface area contributed by atoms with E-state index in [4.69, 9.17) is 5.11 Å². The van der Waals surface area contributed by atoms with Gasteiger partial charge in [-0.2, -0.15) is 0 Å². The summed E-state index contributed by atoms with van der Waals surface area (Å²) in [7, 11) is 0. The lowest BCUT2D eigenvalue weighted by Gasteiger charge is -2.25. The molecule has 1 aromatic rings. The second-order valence-electron chi connectivity index (χ2n) is 6.40. The van der Waals surface area contributed by atoms with Crippen LogP contribution in [0.3, 0.4) is 0 Å². The molecule has 0 radical (unpaired) electrons. The Hall–Kier alpha value is -2.04. The zero-order valence-electron chi connectivity index (χ0n) is 13.3. The molecule has 5 nitrogen and oxygen atoms in total. The first-order valence-electron chi connectivity index (χ1n) is 7.01. The number of carboxylic acid groups (broad SMARTS) is 1. The van der Waals surface area contributed by atoms with Gasteiger partial charge in [-0.25, -0.2) is 9.59 Å². The van der Waals surface area contributed by atoms with Crippen molar-refractivity contribution in [2.24, 2.45) is 0 Å². The molecule has 0 bridgehead atoms. The summed E-state index contributed by atoms with van der Waals surface area (Å²) in [5, 5.41) is 14.3. The molecule has 0 aliphatic rings. The minimum atomic E-state index is -1.27. The number of carbonyl (C=O) groups excluding carboxylic acids is 1. The SMILES string of the molecule is CCC(C)(NC(=O)Nc1ccc(C(C)(C)C)cc1)C(=O)O. The van der Waals surface area contributed by atoms with E-state index in [2.05, 4.69) is 31.4 Å². The van der Waals surface area contributed by atoms with Gasteiger partial charge in [0, 0.05) is 5.69 Å². The van der Waals surface area contributed by atoms with Crippen molar-refractivity contribution in [3.8, 4) is 0 Å². The van der Waals surface area contributed by atoms with Gasteiger partial charge in [-0.15, -0.1) is 0 Å². The minimum absolute atomic E-state index is 0.0465. The van der Waals surface area contributed by atoms with Crippen LogP contribution in [0.2, 0.25) is 0 Å². The molecule has 116 valence electrons. The van der Waals surface area contributed by atoms with E-state index in [1.165, 1.54) is 6.92 Å². The van der Waals surface area contributed by atoms with E-state index >= 15 is 0 Å². The quantitative estimate of drug-likeness (QED) is 0.796. The van der Waals surface area contributed by atoms with Gasteiger partial charge in [0.25, 0.3) is 0 Å². The van der Waals surface area contributed by atoms with Crippen LogP contribution in [0.1, 0.15) is 46.6 Å². The standard InChI is InChI=1S/C16H24N2O3/c1-6-16(5,13(19)20)18-14(21)17-12-9-7-11(8-10-12)15(2,3)4/h7-10H,6H2,1-5H3,(H,19,20)(H2,17,18,21). The maximum Gasteiger partial charge on any atom is 0.329 e. The zero-order valence-corrected chi connectivity index (χ0v) is 13.3. The fourth-order valence-corrected chi connectivity index (χ4v) is 1.76. The molecule has 0 fully saturated rings. The van der Waals surface area contributed by atoms with Crippen molar-refractivity contribution in [1.29, 1.82) is 0 Å². The topological polar surface area (TPSA) is 78.4 Å². The van der Waals surface area contributed by atoms with Gasteiger partial charge in [0.1, 0.15) is 5.54 Å². The maximum absolute atomic E-state index is 11.9. The molecular weight excluding hydrogens is 268 g/mol. The second kappa shape index (κ2) is 6.16. The first-order valence-corrected chi connectivity index (χ1v) is 7.01. The second-order valence-corrected chi connectivity index (χ2v) is 6.40. The van der Waals surface area contributed by atoms with Crippen LogP contribution in [-0.2, 0) is 10.2 Å². The number of carbonyl (C=O) groups is 2. The highest BCUT2D eigenvalue weighted by atomic mass is 16.4. The fourth-order valence-electron chi connectivity index (χ4n) is 1.76. The summed E-state index contributed by atoms with van der Waals surface area (Å²) in [4.78, 5) is 23.0. The van der Waals surface area contributed by atoms with Gasteiger partial charge >= 0.3 is 12.0 Å². The lowest BCUT2D eigenvalue weighted by molar-refractivity contribution is -0.143. The van der Waals surface area contributed by atoms with Crippen LogP contribution in [-0.4, -0.2) is 22.6 Å². The van der Waals surface area contributed by atoms with Crippen molar-refractivity contribution in [1.82, 2.24) is 5.32 Å². The number of urea groups is 1. The Labute approximate surface area is 125 Å². The van der Waals surface area contributed by atoms with Gasteiger partial charge in [-0.1, -0.05) is 39.8 Å². The molecule has 1 rings (SSSR count). The zero-order chi connectivity index (χ0) is 16.3. The van der Waals surface area contributed by atoms with Crippen LogP contribution in [0.5, 0.6) is 0 Å². The lowest BCUT2D eigenvalue weighted by atomic mass is 9.87. The molecule has 0 spiro atoms. The van der Waals surface area contributed by atoms with Crippen LogP contribution in [0.15, 0.2) is 24.3 Å². The van der Waals surface area contributed by atoms with E-state index in [-0.39, 0.29) is 5.41 Å². The van der Waals surface area contributed by atoms with Gasteiger partial charge in [0.05, 0.1) is 0 Å². The van der Waals surface area contributed by atoms with E-state index in [9.17, 15) is 9.59 Å². The molecule has 1 aromatic carbocycles. The number of rotatable bonds is 4. The van der Waals surface area contributed by atoms with Crippen molar-refractivity contribution in [2.45, 2.75) is 52.0 Å². The summed E-state index contributed by atoms with van der Waals surface area (Å²) in [6, 6.07) is 7.00. The number of benzene rings is 1. The average Bonchev–Trinajstić information content (AvgIpc) is 2.37. The van der Waals surface area contributed by atoms with Crippen LogP contribution in [0, 0.1) is 0 Å². The molecule has 21 heavy (non-hydrogen) atoms. The molecule has 0 aliphatic carbocycles. The largest absolute Gasteiger partial charge is 0.480 e. The van der Waals surface area contributed by atoms with Crippen molar-refractivity contribution in [3.63, 3.8) is 0 Å². The summed E-state index contributed by atoms with van der Waals surface area (Å²) in [5.74, 6) is -1.05. The molecule has 2 amide bonds. The highest BCUT2D eigenvalue weighted by Gasteiger charge is 2.32. The van der Waals surface area contributed by atoms with Gasteiger partial charge < -0.3 is 15.7 Å². The lowest BCUT2D eigenvalue weighted by Crippen LogP contribution is -2.53. The van der Waals surface area contributed by atoms with Crippen molar-refractivity contribution in [2.75, 3.05) is 5.32 Å². The maximum atomic E-state index is 11.9. The first kappa shape index (κ1) is 17.0. The molecular formula is C16H24N2O3. The number of hydrogen-bond acceptors (Lipinski definition) is 2. The Morgan fingerprint density at radius 3 is 2.00 bits per heavy atom. The number of hydrogen-bond donors (Lipinski definition) is 3. The Morgan fingerprint density at radius 1 is 1.10 bits per heavy atom. The Bertz CT molecular complexity index is 517. The van der Waals surface area contributed by atoms with Gasteiger partial charge in [0.2, 0.25) is 0 Å². The van der Waals surface area contributed by atoms with E-state index in [0.717, 1.165) is 5.56 Å². The summed E-state index contributed by atoms with van der Waals surface area (Å²) in [6.45, 7) is 9.54. The van der Waals surface area contributed by atoms with Crippen LogP contribution >= 0.6 is 0 Å². The van der Waals surface area contributed by atoms with Crippen LogP contribution in [0.4, 0.5) is 10.5 Å². The van der Waals surface area contributed by atoms with Gasteiger partial charge in [-0.05, 0) is 36.5 Å². The van der Waals surface area contributed by atoms with Crippen molar-refractivity contribution < 1.29 is 14.7 Å². The molecule has 1 unspecified atom stereocenters. The molecule has 3 N–H and O–H groups in total. The normalized spacial score (nSPS) is 14.1. The first-order chi connectivity index (χ1) is 9.58. The molecule has 0 heterocycles. The van der Waals surface area contributed by atoms with Crippen molar-refractivity contribution >= 4 is 17.7 Å². The minimum Gasteiger partial charge on any atom is -0.480 e. The predicted molar refractivity (Wildman–Crippen MR) is 83.6 cm³/mol. The highest BCUT2D eigenvalue weighted by Crippen LogP contribution is 2.23. The molecule has 0 saturated heterocycles. The number of aliphatic carboxylic acids is 1. The molecule has 0 saturated carbocycles. The van der Waals surface area contributed by atoms with E-state index in [1.807, 2.05) is 24.3 Å². The average molecular weight is 292 g/mol. The molecule has 0 aromatic heterocycles. The monoisotopic (exact) mass is 292 g/mol. The van der Waals surface area contributed by atoms with E-state index in [1.54, 1.807) is 6.92 Å². The number of carboxylic acids is 1. The molecule has 1 atom stereocenters. The summed E-state index contributed by atoms with van der Waals surface area (Å²) in [5.41, 5.74) is 0.571. The Balaban J connectivity index is 2.74.